The number of aromatic nitrogens is 1. The van der Waals surface area contributed by atoms with Crippen molar-refractivity contribution in [1.29, 1.82) is 0 Å². The molecule has 0 unspecified atom stereocenters. The van der Waals surface area contributed by atoms with E-state index in [0.717, 1.165) is 5.69 Å². The number of anilines is 1. The van der Waals surface area contributed by atoms with Crippen molar-refractivity contribution in [3.8, 4) is 5.75 Å². The predicted octanol–water partition coefficient (Wildman–Crippen LogP) is 2.05. The number of benzene rings is 1. The third kappa shape index (κ3) is 2.92. The van der Waals surface area contributed by atoms with Gasteiger partial charge in [0, 0.05) is 11.9 Å². The van der Waals surface area contributed by atoms with Gasteiger partial charge in [0.05, 0.1) is 16.8 Å². The van der Waals surface area contributed by atoms with E-state index in [-0.39, 0.29) is 17.0 Å². The molecule has 0 radical (unpaired) electrons. The van der Waals surface area contributed by atoms with Crippen LogP contribution < -0.4 is 5.32 Å². The number of carboxylic acid groups (broad SMARTS) is 1. The van der Waals surface area contributed by atoms with Crippen molar-refractivity contribution in [2.24, 2.45) is 0 Å². The number of nitrogens with zero attached hydrogens (tertiary/aromatic N) is 1. The normalized spacial score (nSPS) is 10.1. The maximum Gasteiger partial charge on any atom is 0.335 e. The first-order valence-corrected chi connectivity index (χ1v) is 5.77. The molecule has 2 rings (SSSR count). The van der Waals surface area contributed by atoms with E-state index in [4.69, 9.17) is 5.11 Å². The van der Waals surface area contributed by atoms with Gasteiger partial charge in [-0.05, 0) is 37.3 Å². The molecule has 0 aliphatic heterocycles. The van der Waals surface area contributed by atoms with Gasteiger partial charge in [0.2, 0.25) is 0 Å². The number of aromatic carboxylic acids is 1. The Labute approximate surface area is 114 Å². The van der Waals surface area contributed by atoms with Crippen LogP contribution in [0.25, 0.3) is 0 Å². The van der Waals surface area contributed by atoms with Crippen LogP contribution in [0.2, 0.25) is 0 Å². The molecule has 0 saturated heterocycles. The second kappa shape index (κ2) is 5.40. The van der Waals surface area contributed by atoms with E-state index >= 15 is 0 Å². The quantitative estimate of drug-likeness (QED) is 0.742. The second-order valence-corrected chi connectivity index (χ2v) is 4.18. The van der Waals surface area contributed by atoms with Crippen molar-refractivity contribution in [3.63, 3.8) is 0 Å². The lowest BCUT2D eigenvalue weighted by Gasteiger charge is -2.08. The summed E-state index contributed by atoms with van der Waals surface area (Å²) in [6, 6.07) is 6.93. The molecule has 6 nitrogen and oxygen atoms in total. The highest BCUT2D eigenvalue weighted by molar-refractivity contribution is 6.05. The molecule has 0 aliphatic carbocycles. The Morgan fingerprint density at radius 2 is 1.85 bits per heavy atom. The first kappa shape index (κ1) is 13.5. The summed E-state index contributed by atoms with van der Waals surface area (Å²) in [5, 5.41) is 21.0. The van der Waals surface area contributed by atoms with E-state index in [1.165, 1.54) is 24.4 Å². The topological polar surface area (TPSA) is 99.5 Å². The van der Waals surface area contributed by atoms with Crippen LogP contribution in [0.5, 0.6) is 5.75 Å². The summed E-state index contributed by atoms with van der Waals surface area (Å²) in [6.07, 6.45) is 1.41. The third-order valence-electron chi connectivity index (χ3n) is 2.67. The Bertz CT molecular complexity index is 665. The molecular weight excluding hydrogens is 260 g/mol. The van der Waals surface area contributed by atoms with Gasteiger partial charge in [-0.25, -0.2) is 4.79 Å². The van der Waals surface area contributed by atoms with Crippen LogP contribution in [0.4, 0.5) is 5.69 Å². The highest BCUT2D eigenvalue weighted by atomic mass is 16.4. The van der Waals surface area contributed by atoms with Crippen LogP contribution in [0.3, 0.4) is 0 Å². The molecule has 0 atom stereocenters. The average molecular weight is 272 g/mol. The highest BCUT2D eigenvalue weighted by Crippen LogP contribution is 2.24. The summed E-state index contributed by atoms with van der Waals surface area (Å²) in [6.45, 7) is 1.80. The Balaban J connectivity index is 2.25. The van der Waals surface area contributed by atoms with Crippen molar-refractivity contribution in [2.75, 3.05) is 5.32 Å². The number of amides is 1. The van der Waals surface area contributed by atoms with Crippen LogP contribution in [0, 0.1) is 6.92 Å². The van der Waals surface area contributed by atoms with Crippen molar-refractivity contribution in [3.05, 3.63) is 53.3 Å². The molecule has 20 heavy (non-hydrogen) atoms. The summed E-state index contributed by atoms with van der Waals surface area (Å²) in [5.41, 5.74) is 1.10. The molecule has 0 spiro atoms. The number of rotatable bonds is 3. The average Bonchev–Trinajstić information content (AvgIpc) is 2.41. The third-order valence-corrected chi connectivity index (χ3v) is 2.67. The largest absolute Gasteiger partial charge is 0.506 e. The van der Waals surface area contributed by atoms with Gasteiger partial charge in [0.25, 0.3) is 5.91 Å². The predicted molar refractivity (Wildman–Crippen MR) is 72.0 cm³/mol. The molecule has 1 aromatic carbocycles. The Kier molecular flexibility index (Phi) is 3.65. The summed E-state index contributed by atoms with van der Waals surface area (Å²) in [5.74, 6) is -1.82. The molecular formula is C14H12N2O4. The Morgan fingerprint density at radius 1 is 1.15 bits per heavy atom. The van der Waals surface area contributed by atoms with Crippen LogP contribution in [0.1, 0.15) is 26.4 Å². The number of carboxylic acids is 1. The van der Waals surface area contributed by atoms with Gasteiger partial charge >= 0.3 is 5.97 Å². The molecule has 0 aliphatic rings. The van der Waals surface area contributed by atoms with E-state index in [9.17, 15) is 14.7 Å². The lowest BCUT2D eigenvalue weighted by molar-refractivity contribution is 0.0696. The molecule has 3 N–H and O–H groups in total. The minimum absolute atomic E-state index is 0.0277. The van der Waals surface area contributed by atoms with Gasteiger partial charge in [-0.2, -0.15) is 0 Å². The van der Waals surface area contributed by atoms with Crippen molar-refractivity contribution in [1.82, 2.24) is 4.98 Å². The fourth-order valence-electron chi connectivity index (χ4n) is 1.57. The number of carbonyl (C=O) groups is 2. The molecule has 0 saturated carbocycles. The zero-order chi connectivity index (χ0) is 14.7. The van der Waals surface area contributed by atoms with E-state index in [1.807, 2.05) is 0 Å². The van der Waals surface area contributed by atoms with Crippen LogP contribution >= 0.6 is 0 Å². The van der Waals surface area contributed by atoms with E-state index in [1.54, 1.807) is 19.1 Å². The summed E-state index contributed by atoms with van der Waals surface area (Å²) in [7, 11) is 0. The molecule has 6 heteroatoms. The summed E-state index contributed by atoms with van der Waals surface area (Å²) in [4.78, 5) is 26.8. The molecule has 1 heterocycles. The number of hydrogen-bond donors (Lipinski definition) is 3. The van der Waals surface area contributed by atoms with Crippen LogP contribution in [-0.4, -0.2) is 27.1 Å². The van der Waals surface area contributed by atoms with E-state index in [0.29, 0.717) is 5.56 Å². The van der Waals surface area contributed by atoms with Gasteiger partial charge < -0.3 is 15.5 Å². The smallest absolute Gasteiger partial charge is 0.335 e. The van der Waals surface area contributed by atoms with Gasteiger partial charge in [-0.3, -0.25) is 9.78 Å². The maximum atomic E-state index is 11.9. The minimum Gasteiger partial charge on any atom is -0.506 e. The standard InChI is InChI=1S/C14H12N2O4/c1-8-2-3-10(7-15-8)13(18)16-11-6-9(14(19)20)4-5-12(11)17/h2-7,17H,1H3,(H,16,18)(H,19,20). The van der Waals surface area contributed by atoms with Crippen LogP contribution in [-0.2, 0) is 0 Å². The van der Waals surface area contributed by atoms with Crippen LogP contribution in [0.15, 0.2) is 36.5 Å². The first-order chi connectivity index (χ1) is 9.47. The van der Waals surface area contributed by atoms with E-state index < -0.39 is 11.9 Å². The number of aromatic hydroxyl groups is 1. The van der Waals surface area contributed by atoms with Gasteiger partial charge in [0.15, 0.2) is 0 Å². The zero-order valence-electron chi connectivity index (χ0n) is 10.6. The number of phenols is 1. The molecule has 0 fully saturated rings. The lowest BCUT2D eigenvalue weighted by atomic mass is 10.1. The maximum absolute atomic E-state index is 11.9. The highest BCUT2D eigenvalue weighted by Gasteiger charge is 2.12. The van der Waals surface area contributed by atoms with Gasteiger partial charge in [-0.15, -0.1) is 0 Å². The van der Waals surface area contributed by atoms with E-state index in [2.05, 4.69) is 10.3 Å². The fourth-order valence-corrected chi connectivity index (χ4v) is 1.57. The van der Waals surface area contributed by atoms with Gasteiger partial charge in [-0.1, -0.05) is 0 Å². The lowest BCUT2D eigenvalue weighted by Crippen LogP contribution is -2.13. The summed E-state index contributed by atoms with van der Waals surface area (Å²) < 4.78 is 0. The number of phenolic OH excluding ortho intramolecular Hbond substituents is 1. The van der Waals surface area contributed by atoms with Crippen molar-refractivity contribution in [2.45, 2.75) is 6.92 Å². The molecule has 0 bridgehead atoms. The summed E-state index contributed by atoms with van der Waals surface area (Å²) >= 11 is 0. The molecule has 2 aromatic rings. The number of nitrogens with one attached hydrogen (secondary N) is 1. The monoisotopic (exact) mass is 272 g/mol. The van der Waals surface area contributed by atoms with Crippen molar-refractivity contribution < 1.29 is 19.8 Å². The minimum atomic E-state index is -1.14. The number of carbonyl (C=O) groups excluding carboxylic acids is 1. The fraction of sp³-hybridized carbons (Fsp3) is 0.0714. The van der Waals surface area contributed by atoms with Gasteiger partial charge in [0.1, 0.15) is 5.75 Å². The molecule has 102 valence electrons. The SMILES string of the molecule is Cc1ccc(C(=O)Nc2cc(C(=O)O)ccc2O)cn1. The molecule has 1 aromatic heterocycles. The molecule has 1 amide bonds. The Hall–Kier alpha value is -2.89. The second-order valence-electron chi connectivity index (χ2n) is 4.18. The number of pyridine rings is 1. The number of aryl methyl sites for hydroxylation is 1. The Morgan fingerprint density at radius 3 is 2.45 bits per heavy atom. The first-order valence-electron chi connectivity index (χ1n) is 5.77. The van der Waals surface area contributed by atoms with Crippen molar-refractivity contribution >= 4 is 17.6 Å². The zero-order valence-corrected chi connectivity index (χ0v) is 10.6. The number of hydrogen-bond acceptors (Lipinski definition) is 4.